The highest BCUT2D eigenvalue weighted by Gasteiger charge is 2.14. The molecule has 4 heteroatoms. The third kappa shape index (κ3) is 40.6. The van der Waals surface area contributed by atoms with Crippen LogP contribution in [0.5, 0.6) is 0 Å². The molecule has 1 N–H and O–H groups in total. The van der Waals surface area contributed by atoms with Gasteiger partial charge in [-0.15, -0.1) is 0 Å². The highest BCUT2D eigenvalue weighted by molar-refractivity contribution is 5.69. The van der Waals surface area contributed by atoms with Gasteiger partial charge in [-0.3, -0.25) is 9.59 Å². The fourth-order valence-corrected chi connectivity index (χ4v) is 6.56. The van der Waals surface area contributed by atoms with Gasteiger partial charge in [-0.1, -0.05) is 166 Å². The van der Waals surface area contributed by atoms with Crippen molar-refractivity contribution in [1.82, 2.24) is 0 Å². The van der Waals surface area contributed by atoms with E-state index in [0.717, 1.165) is 57.8 Å². The third-order valence-electron chi connectivity index (χ3n) is 9.83. The molecule has 1 unspecified atom stereocenters. The smallest absolute Gasteiger partial charge is 0.306 e. The summed E-state index contributed by atoms with van der Waals surface area (Å²) < 4.78 is 6.04. The Labute approximate surface area is 311 Å². The molecule has 0 spiro atoms. The van der Waals surface area contributed by atoms with E-state index in [1.807, 2.05) is 0 Å². The zero-order chi connectivity index (χ0) is 36.4. The minimum Gasteiger partial charge on any atom is -0.481 e. The Bertz CT molecular complexity index is 798. The van der Waals surface area contributed by atoms with Gasteiger partial charge in [-0.05, 0) is 96.3 Å². The van der Waals surface area contributed by atoms with Crippen LogP contribution in [0.3, 0.4) is 0 Å². The van der Waals surface area contributed by atoms with E-state index in [1.54, 1.807) is 0 Å². The molecule has 0 amide bonds. The van der Waals surface area contributed by atoms with Gasteiger partial charge in [0.15, 0.2) is 0 Å². The zero-order valence-corrected chi connectivity index (χ0v) is 33.5. The molecule has 0 radical (unpaired) electrons. The van der Waals surface area contributed by atoms with Gasteiger partial charge < -0.3 is 9.84 Å². The Morgan fingerprint density at radius 3 is 1.26 bits per heavy atom. The van der Waals surface area contributed by atoms with Crippen LogP contribution in [0.25, 0.3) is 0 Å². The summed E-state index contributed by atoms with van der Waals surface area (Å²) in [6, 6.07) is 0. The third-order valence-corrected chi connectivity index (χ3v) is 9.83. The minimum absolute atomic E-state index is 0.0254. The second-order valence-electron chi connectivity index (χ2n) is 14.9. The standard InChI is InChI=1S/C46H84O4/c1-3-5-7-9-11-12-13-14-15-16-17-18-19-20-21-22-23-28-31-35-39-43-46(49)50-44(40-36-32-10-8-6-4-2)41-37-33-29-26-24-25-27-30-34-38-42-45(47)48/h11-12,14-15,20-21,44H,3-10,13,16-19,22-43H2,1-2H3,(H,47,48)/b12-11-,15-14-,21-20-. The van der Waals surface area contributed by atoms with Crippen molar-refractivity contribution in [2.75, 3.05) is 0 Å². The predicted octanol–water partition coefficient (Wildman–Crippen LogP) is 15.3. The normalized spacial score (nSPS) is 12.5. The number of allylic oxidation sites excluding steroid dienone is 6. The first kappa shape index (κ1) is 48.2. The Morgan fingerprint density at radius 2 is 0.780 bits per heavy atom. The van der Waals surface area contributed by atoms with Gasteiger partial charge in [0.2, 0.25) is 0 Å². The van der Waals surface area contributed by atoms with Gasteiger partial charge in [0, 0.05) is 12.8 Å². The second-order valence-corrected chi connectivity index (χ2v) is 14.9. The number of hydrogen-bond acceptors (Lipinski definition) is 3. The van der Waals surface area contributed by atoms with Crippen LogP contribution in [0.15, 0.2) is 36.5 Å². The van der Waals surface area contributed by atoms with Gasteiger partial charge in [0.25, 0.3) is 0 Å². The number of rotatable bonds is 40. The fraction of sp³-hybridized carbons (Fsp3) is 0.826. The average Bonchev–Trinajstić information content (AvgIpc) is 3.10. The molecule has 292 valence electrons. The summed E-state index contributed by atoms with van der Waals surface area (Å²) in [6.45, 7) is 4.52. The molecule has 0 aliphatic rings. The van der Waals surface area contributed by atoms with Crippen molar-refractivity contribution < 1.29 is 19.4 Å². The largest absolute Gasteiger partial charge is 0.481 e. The summed E-state index contributed by atoms with van der Waals surface area (Å²) in [7, 11) is 0. The van der Waals surface area contributed by atoms with Gasteiger partial charge in [-0.25, -0.2) is 0 Å². The molecule has 0 aromatic carbocycles. The van der Waals surface area contributed by atoms with Gasteiger partial charge >= 0.3 is 11.9 Å². The Balaban J connectivity index is 3.90. The highest BCUT2D eigenvalue weighted by atomic mass is 16.5. The SMILES string of the molecule is CCCCC/C=C\C/C=C\CCCC/C=C\CCCCCCCC(=O)OC(CCCCCCCC)CCCCCCCCCCCCC(=O)O. The van der Waals surface area contributed by atoms with Crippen LogP contribution in [0.2, 0.25) is 0 Å². The summed E-state index contributed by atoms with van der Waals surface area (Å²) in [4.78, 5) is 23.3. The molecule has 0 aliphatic heterocycles. The lowest BCUT2D eigenvalue weighted by Crippen LogP contribution is -2.18. The molecule has 0 bridgehead atoms. The number of aliphatic carboxylic acids is 1. The maximum Gasteiger partial charge on any atom is 0.306 e. The lowest BCUT2D eigenvalue weighted by atomic mass is 10.0. The number of carbonyl (C=O) groups is 2. The fourth-order valence-electron chi connectivity index (χ4n) is 6.56. The molecule has 0 saturated carbocycles. The van der Waals surface area contributed by atoms with Crippen LogP contribution >= 0.6 is 0 Å². The van der Waals surface area contributed by atoms with Crippen molar-refractivity contribution in [3.8, 4) is 0 Å². The van der Waals surface area contributed by atoms with E-state index in [-0.39, 0.29) is 12.1 Å². The molecule has 50 heavy (non-hydrogen) atoms. The van der Waals surface area contributed by atoms with E-state index in [0.29, 0.717) is 12.8 Å². The quantitative estimate of drug-likeness (QED) is 0.0393. The average molecular weight is 701 g/mol. The highest BCUT2D eigenvalue weighted by Crippen LogP contribution is 2.19. The predicted molar refractivity (Wildman–Crippen MR) is 218 cm³/mol. The summed E-state index contributed by atoms with van der Waals surface area (Å²) in [5, 5.41) is 8.72. The maximum absolute atomic E-state index is 12.7. The van der Waals surface area contributed by atoms with Crippen LogP contribution in [0, 0.1) is 0 Å². The van der Waals surface area contributed by atoms with Gasteiger partial charge in [0.05, 0.1) is 0 Å². The summed E-state index contributed by atoms with van der Waals surface area (Å²) in [6.07, 6.45) is 54.8. The minimum atomic E-state index is -0.675. The second kappa shape index (κ2) is 41.6. The first-order chi connectivity index (χ1) is 24.6. The van der Waals surface area contributed by atoms with Crippen molar-refractivity contribution in [2.24, 2.45) is 0 Å². The molecular formula is C46H84O4. The van der Waals surface area contributed by atoms with Crippen LogP contribution in [-0.4, -0.2) is 23.1 Å². The first-order valence-corrected chi connectivity index (χ1v) is 22.0. The number of hydrogen-bond donors (Lipinski definition) is 1. The summed E-state index contributed by atoms with van der Waals surface area (Å²) in [5.41, 5.74) is 0. The number of esters is 1. The van der Waals surface area contributed by atoms with Crippen LogP contribution in [0.1, 0.15) is 239 Å². The molecule has 0 rings (SSSR count). The number of ether oxygens (including phenoxy) is 1. The van der Waals surface area contributed by atoms with Crippen molar-refractivity contribution in [3.05, 3.63) is 36.5 Å². The van der Waals surface area contributed by atoms with Crippen LogP contribution < -0.4 is 0 Å². The zero-order valence-electron chi connectivity index (χ0n) is 33.5. The molecular weight excluding hydrogens is 617 g/mol. The molecule has 0 heterocycles. The van der Waals surface area contributed by atoms with Crippen molar-refractivity contribution in [1.29, 1.82) is 0 Å². The molecule has 0 saturated heterocycles. The van der Waals surface area contributed by atoms with E-state index < -0.39 is 5.97 Å². The van der Waals surface area contributed by atoms with E-state index in [9.17, 15) is 9.59 Å². The summed E-state index contributed by atoms with van der Waals surface area (Å²) in [5.74, 6) is -0.649. The van der Waals surface area contributed by atoms with E-state index in [1.165, 1.54) is 154 Å². The van der Waals surface area contributed by atoms with Gasteiger partial charge in [-0.2, -0.15) is 0 Å². The van der Waals surface area contributed by atoms with Crippen LogP contribution in [0.4, 0.5) is 0 Å². The van der Waals surface area contributed by atoms with Crippen molar-refractivity contribution in [2.45, 2.75) is 245 Å². The number of carbonyl (C=O) groups excluding carboxylic acids is 1. The van der Waals surface area contributed by atoms with E-state index >= 15 is 0 Å². The topological polar surface area (TPSA) is 63.6 Å². The van der Waals surface area contributed by atoms with Crippen LogP contribution in [-0.2, 0) is 14.3 Å². The van der Waals surface area contributed by atoms with E-state index in [2.05, 4.69) is 50.3 Å². The summed E-state index contributed by atoms with van der Waals surface area (Å²) >= 11 is 0. The Hall–Kier alpha value is -1.84. The van der Waals surface area contributed by atoms with Crippen molar-refractivity contribution >= 4 is 11.9 Å². The van der Waals surface area contributed by atoms with E-state index in [4.69, 9.17) is 9.84 Å². The monoisotopic (exact) mass is 701 g/mol. The number of unbranched alkanes of at least 4 members (excludes halogenated alkanes) is 25. The maximum atomic E-state index is 12.7. The lowest BCUT2D eigenvalue weighted by Gasteiger charge is -2.18. The number of carboxylic acid groups (broad SMARTS) is 1. The Morgan fingerprint density at radius 1 is 0.440 bits per heavy atom. The van der Waals surface area contributed by atoms with Gasteiger partial charge in [0.1, 0.15) is 6.10 Å². The molecule has 4 nitrogen and oxygen atoms in total. The first-order valence-electron chi connectivity index (χ1n) is 22.0. The molecule has 0 aromatic heterocycles. The molecule has 0 aliphatic carbocycles. The number of carboxylic acids is 1. The van der Waals surface area contributed by atoms with Crippen molar-refractivity contribution in [3.63, 3.8) is 0 Å². The Kier molecular flexibility index (Phi) is 40.0. The molecule has 1 atom stereocenters. The lowest BCUT2D eigenvalue weighted by molar-refractivity contribution is -0.150. The molecule has 0 fully saturated rings. The molecule has 0 aromatic rings.